The molecule has 1 heterocycles. The highest BCUT2D eigenvalue weighted by Crippen LogP contribution is 2.15. The second-order valence-corrected chi connectivity index (χ2v) is 3.70. The molecular weight excluding hydrogens is 228 g/mol. The van der Waals surface area contributed by atoms with Crippen LogP contribution in [0.5, 0.6) is 5.88 Å². The summed E-state index contributed by atoms with van der Waals surface area (Å²) in [6.45, 7) is 3.82. The Balaban J connectivity index is 2.59. The third-order valence-electron chi connectivity index (χ3n) is 1.64. The van der Waals surface area contributed by atoms with Gasteiger partial charge >= 0.3 is 5.97 Å². The summed E-state index contributed by atoms with van der Waals surface area (Å²) in [6.07, 6.45) is 1.88. The minimum absolute atomic E-state index is 0.127. The van der Waals surface area contributed by atoms with Crippen LogP contribution in [0.2, 0.25) is 0 Å². The van der Waals surface area contributed by atoms with Crippen LogP contribution in [0.3, 0.4) is 0 Å². The Hall–Kier alpha value is -1.30. The minimum Gasteiger partial charge on any atom is -0.466 e. The van der Waals surface area contributed by atoms with E-state index in [0.29, 0.717) is 17.6 Å². The van der Waals surface area contributed by atoms with Crippen LogP contribution in [0.4, 0.5) is 0 Å². The molecular formula is C10H14N2O3S. The van der Waals surface area contributed by atoms with Crippen LogP contribution in [0.25, 0.3) is 0 Å². The van der Waals surface area contributed by atoms with E-state index >= 15 is 0 Å². The first-order valence-corrected chi connectivity index (χ1v) is 6.06. The Morgan fingerprint density at radius 3 is 2.88 bits per heavy atom. The van der Waals surface area contributed by atoms with Crippen LogP contribution < -0.4 is 4.74 Å². The second-order valence-electron chi connectivity index (χ2n) is 2.93. The summed E-state index contributed by atoms with van der Waals surface area (Å²) in [6, 6.07) is 1.68. The van der Waals surface area contributed by atoms with Gasteiger partial charge in [-0.15, -0.1) is 0 Å². The van der Waals surface area contributed by atoms with Gasteiger partial charge in [0.2, 0.25) is 5.88 Å². The molecule has 0 saturated heterocycles. The standard InChI is InChI=1S/C10H14N2O3S/c1-4-14-9(13)6-15-8-5-7(2)11-10(12-8)16-3/h5H,4,6H2,1-3H3. The van der Waals surface area contributed by atoms with E-state index in [1.54, 1.807) is 13.0 Å². The summed E-state index contributed by atoms with van der Waals surface area (Å²) >= 11 is 1.42. The van der Waals surface area contributed by atoms with E-state index in [1.807, 2.05) is 13.2 Å². The first-order chi connectivity index (χ1) is 7.65. The molecule has 0 aliphatic rings. The number of ether oxygens (including phenoxy) is 2. The van der Waals surface area contributed by atoms with Crippen molar-refractivity contribution < 1.29 is 14.3 Å². The van der Waals surface area contributed by atoms with Crippen molar-refractivity contribution in [1.82, 2.24) is 9.97 Å². The number of carbonyl (C=O) groups is 1. The number of hydrogen-bond acceptors (Lipinski definition) is 6. The van der Waals surface area contributed by atoms with Crippen LogP contribution in [-0.4, -0.2) is 35.4 Å². The molecule has 6 heteroatoms. The van der Waals surface area contributed by atoms with E-state index in [4.69, 9.17) is 9.47 Å². The van der Waals surface area contributed by atoms with Crippen LogP contribution in [0.15, 0.2) is 11.2 Å². The lowest BCUT2D eigenvalue weighted by molar-refractivity contribution is -0.145. The molecule has 1 aromatic heterocycles. The summed E-state index contributed by atoms with van der Waals surface area (Å²) < 4.78 is 9.94. The normalized spacial score (nSPS) is 9.94. The van der Waals surface area contributed by atoms with Gasteiger partial charge < -0.3 is 9.47 Å². The minimum atomic E-state index is -0.399. The predicted octanol–water partition coefficient (Wildman–Crippen LogP) is 1.45. The Labute approximate surface area is 98.6 Å². The van der Waals surface area contributed by atoms with Gasteiger partial charge in [-0.2, -0.15) is 4.98 Å². The van der Waals surface area contributed by atoms with Crippen LogP contribution >= 0.6 is 11.8 Å². The van der Waals surface area contributed by atoms with E-state index in [9.17, 15) is 4.79 Å². The van der Waals surface area contributed by atoms with Gasteiger partial charge in [0.15, 0.2) is 11.8 Å². The highest BCUT2D eigenvalue weighted by atomic mass is 32.2. The highest BCUT2D eigenvalue weighted by molar-refractivity contribution is 7.98. The van der Waals surface area contributed by atoms with Crippen LogP contribution in [0.1, 0.15) is 12.6 Å². The molecule has 0 atom stereocenters. The van der Waals surface area contributed by atoms with Gasteiger partial charge in [-0.3, -0.25) is 0 Å². The van der Waals surface area contributed by atoms with E-state index in [0.717, 1.165) is 5.69 Å². The van der Waals surface area contributed by atoms with Gasteiger partial charge in [0, 0.05) is 11.8 Å². The molecule has 0 unspecified atom stereocenters. The highest BCUT2D eigenvalue weighted by Gasteiger charge is 2.06. The summed E-state index contributed by atoms with van der Waals surface area (Å²) in [4.78, 5) is 19.3. The maximum absolute atomic E-state index is 11.1. The summed E-state index contributed by atoms with van der Waals surface area (Å²) in [7, 11) is 0. The van der Waals surface area contributed by atoms with Crippen molar-refractivity contribution in [3.8, 4) is 5.88 Å². The molecule has 0 aliphatic carbocycles. The Morgan fingerprint density at radius 1 is 1.50 bits per heavy atom. The number of esters is 1. The average Bonchev–Trinajstić information content (AvgIpc) is 2.26. The monoisotopic (exact) mass is 242 g/mol. The molecule has 0 amide bonds. The number of thioether (sulfide) groups is 1. The van der Waals surface area contributed by atoms with Crippen molar-refractivity contribution >= 4 is 17.7 Å². The molecule has 0 spiro atoms. The third kappa shape index (κ3) is 4.06. The molecule has 0 aliphatic heterocycles. The van der Waals surface area contributed by atoms with E-state index < -0.39 is 5.97 Å². The van der Waals surface area contributed by atoms with E-state index in [2.05, 4.69) is 9.97 Å². The Morgan fingerprint density at radius 2 is 2.25 bits per heavy atom. The number of aromatic nitrogens is 2. The quantitative estimate of drug-likeness (QED) is 0.442. The van der Waals surface area contributed by atoms with Crippen molar-refractivity contribution in [1.29, 1.82) is 0 Å². The molecule has 0 radical (unpaired) electrons. The zero-order chi connectivity index (χ0) is 12.0. The summed E-state index contributed by atoms with van der Waals surface area (Å²) in [5, 5.41) is 0.624. The number of rotatable bonds is 5. The van der Waals surface area contributed by atoms with Crippen molar-refractivity contribution in [3.63, 3.8) is 0 Å². The molecule has 5 nitrogen and oxygen atoms in total. The maximum atomic E-state index is 11.1. The Kier molecular flexibility index (Phi) is 5.04. The zero-order valence-electron chi connectivity index (χ0n) is 9.52. The third-order valence-corrected chi connectivity index (χ3v) is 2.18. The average molecular weight is 242 g/mol. The maximum Gasteiger partial charge on any atom is 0.344 e. The van der Waals surface area contributed by atoms with Gasteiger partial charge in [0.1, 0.15) is 0 Å². The second kappa shape index (κ2) is 6.32. The van der Waals surface area contributed by atoms with E-state index in [-0.39, 0.29) is 6.61 Å². The fraction of sp³-hybridized carbons (Fsp3) is 0.500. The number of nitrogens with zero attached hydrogens (tertiary/aromatic N) is 2. The molecule has 0 aromatic carbocycles. The zero-order valence-corrected chi connectivity index (χ0v) is 10.3. The molecule has 88 valence electrons. The molecule has 0 N–H and O–H groups in total. The van der Waals surface area contributed by atoms with Crippen molar-refractivity contribution in [2.24, 2.45) is 0 Å². The molecule has 0 bridgehead atoms. The summed E-state index contributed by atoms with van der Waals surface area (Å²) in [5.41, 5.74) is 0.804. The summed E-state index contributed by atoms with van der Waals surface area (Å²) in [5.74, 6) is -0.00521. The fourth-order valence-electron chi connectivity index (χ4n) is 1.01. The van der Waals surface area contributed by atoms with Crippen LogP contribution in [-0.2, 0) is 9.53 Å². The van der Waals surface area contributed by atoms with Crippen molar-refractivity contribution in [3.05, 3.63) is 11.8 Å². The van der Waals surface area contributed by atoms with Gasteiger partial charge in [-0.25, -0.2) is 9.78 Å². The predicted molar refractivity (Wildman–Crippen MR) is 60.7 cm³/mol. The van der Waals surface area contributed by atoms with Crippen molar-refractivity contribution in [2.45, 2.75) is 19.0 Å². The van der Waals surface area contributed by atoms with Gasteiger partial charge in [-0.1, -0.05) is 11.8 Å². The van der Waals surface area contributed by atoms with E-state index in [1.165, 1.54) is 11.8 Å². The topological polar surface area (TPSA) is 61.3 Å². The molecule has 1 rings (SSSR count). The smallest absolute Gasteiger partial charge is 0.344 e. The first-order valence-electron chi connectivity index (χ1n) is 4.83. The molecule has 16 heavy (non-hydrogen) atoms. The lowest BCUT2D eigenvalue weighted by atomic mass is 10.4. The van der Waals surface area contributed by atoms with Crippen molar-refractivity contribution in [2.75, 3.05) is 19.5 Å². The fourth-order valence-corrected chi connectivity index (χ4v) is 1.43. The largest absolute Gasteiger partial charge is 0.466 e. The number of carbonyl (C=O) groups excluding carboxylic acids is 1. The van der Waals surface area contributed by atoms with Gasteiger partial charge in [0.25, 0.3) is 0 Å². The molecule has 1 aromatic rings. The number of hydrogen-bond donors (Lipinski definition) is 0. The SMILES string of the molecule is CCOC(=O)COc1cc(C)nc(SC)n1. The molecule has 0 saturated carbocycles. The Bertz CT molecular complexity index is 371. The van der Waals surface area contributed by atoms with Gasteiger partial charge in [-0.05, 0) is 20.1 Å². The first kappa shape index (κ1) is 12.8. The number of aryl methyl sites for hydroxylation is 1. The lowest BCUT2D eigenvalue weighted by Crippen LogP contribution is -2.15. The van der Waals surface area contributed by atoms with Crippen LogP contribution in [0, 0.1) is 6.92 Å². The van der Waals surface area contributed by atoms with Gasteiger partial charge in [0.05, 0.1) is 6.61 Å². The molecule has 0 fully saturated rings. The lowest BCUT2D eigenvalue weighted by Gasteiger charge is -2.06.